The lowest BCUT2D eigenvalue weighted by molar-refractivity contribution is -0.140. The van der Waals surface area contributed by atoms with Crippen molar-refractivity contribution in [1.29, 1.82) is 0 Å². The Morgan fingerprint density at radius 2 is 1.56 bits per heavy atom. The van der Waals surface area contributed by atoms with Crippen LogP contribution in [0.1, 0.15) is 48.8 Å². The molecule has 50 heavy (non-hydrogen) atoms. The van der Waals surface area contributed by atoms with Gasteiger partial charge in [0, 0.05) is 30.1 Å². The summed E-state index contributed by atoms with van der Waals surface area (Å²) >= 11 is 6.38. The first-order valence-electron chi connectivity index (χ1n) is 16.8. The number of hydrogen-bond acceptors (Lipinski definition) is 6. The highest BCUT2D eigenvalue weighted by Crippen LogP contribution is 2.36. The summed E-state index contributed by atoms with van der Waals surface area (Å²) in [4.78, 5) is 30.6. The van der Waals surface area contributed by atoms with Gasteiger partial charge in [0.15, 0.2) is 0 Å². The number of halogens is 1. The first-order valence-corrected chi connectivity index (χ1v) is 18.6. The number of methoxy groups -OCH3 is 2. The van der Waals surface area contributed by atoms with Gasteiger partial charge in [-0.15, -0.1) is 0 Å². The lowest BCUT2D eigenvalue weighted by atomic mass is 9.94. The first kappa shape index (κ1) is 36.7. The maximum Gasteiger partial charge on any atom is 0.264 e. The summed E-state index contributed by atoms with van der Waals surface area (Å²) in [5, 5.41) is 3.70. The molecule has 0 unspecified atom stereocenters. The zero-order valence-corrected chi connectivity index (χ0v) is 30.3. The summed E-state index contributed by atoms with van der Waals surface area (Å²) in [6.45, 7) is 1.26. The molecule has 11 heteroatoms. The van der Waals surface area contributed by atoms with Crippen LogP contribution in [0.5, 0.6) is 11.5 Å². The average Bonchev–Trinajstić information content (AvgIpc) is 3.12. The van der Waals surface area contributed by atoms with E-state index in [2.05, 4.69) is 5.32 Å². The van der Waals surface area contributed by atoms with Crippen molar-refractivity contribution in [3.05, 3.63) is 119 Å². The Labute approximate surface area is 300 Å². The number of benzene rings is 4. The molecular weight excluding hydrogens is 674 g/mol. The van der Waals surface area contributed by atoms with E-state index in [0.29, 0.717) is 16.3 Å². The first-order chi connectivity index (χ1) is 24.1. The van der Waals surface area contributed by atoms with E-state index in [0.717, 1.165) is 47.5 Å². The molecule has 1 aliphatic carbocycles. The quantitative estimate of drug-likeness (QED) is 0.151. The Hall–Kier alpha value is -4.54. The molecular formula is C39H44ClN3O6S. The largest absolute Gasteiger partial charge is 0.497 e. The Balaban J connectivity index is 1.61. The average molecular weight is 718 g/mol. The molecule has 0 spiro atoms. The van der Waals surface area contributed by atoms with E-state index in [9.17, 15) is 18.0 Å². The molecule has 0 saturated heterocycles. The molecule has 0 radical (unpaired) electrons. The number of hydrogen-bond donors (Lipinski definition) is 1. The molecule has 0 bridgehead atoms. The predicted molar refractivity (Wildman–Crippen MR) is 196 cm³/mol. The molecule has 0 heterocycles. The Kier molecular flexibility index (Phi) is 12.4. The van der Waals surface area contributed by atoms with E-state index in [4.69, 9.17) is 21.1 Å². The number of nitrogens with zero attached hydrogens (tertiary/aromatic N) is 2. The van der Waals surface area contributed by atoms with Crippen LogP contribution in [0.25, 0.3) is 0 Å². The Bertz CT molecular complexity index is 1860. The maximum absolute atomic E-state index is 14.9. The van der Waals surface area contributed by atoms with Crippen molar-refractivity contribution in [2.24, 2.45) is 0 Å². The topological polar surface area (TPSA) is 105 Å². The van der Waals surface area contributed by atoms with Crippen LogP contribution in [0.2, 0.25) is 5.02 Å². The van der Waals surface area contributed by atoms with Crippen LogP contribution < -0.4 is 19.1 Å². The fraction of sp³-hybridized carbons (Fsp3) is 0.333. The molecule has 2 amide bonds. The minimum atomic E-state index is -4.34. The fourth-order valence-electron chi connectivity index (χ4n) is 6.27. The zero-order valence-electron chi connectivity index (χ0n) is 28.7. The van der Waals surface area contributed by atoms with Crippen molar-refractivity contribution in [2.45, 2.75) is 69.0 Å². The number of ether oxygens (including phenoxy) is 2. The van der Waals surface area contributed by atoms with Gasteiger partial charge in [-0.25, -0.2) is 8.42 Å². The second kappa shape index (κ2) is 16.9. The summed E-state index contributed by atoms with van der Waals surface area (Å²) in [6.07, 6.45) is 5.12. The monoisotopic (exact) mass is 717 g/mol. The third-order valence-electron chi connectivity index (χ3n) is 9.01. The van der Waals surface area contributed by atoms with Gasteiger partial charge >= 0.3 is 0 Å². The van der Waals surface area contributed by atoms with Crippen LogP contribution >= 0.6 is 11.6 Å². The number of sulfonamides is 1. The van der Waals surface area contributed by atoms with E-state index in [1.54, 1.807) is 42.5 Å². The molecule has 1 saturated carbocycles. The number of amides is 2. The third kappa shape index (κ3) is 9.17. The lowest BCUT2D eigenvalue weighted by Crippen LogP contribution is -2.55. The van der Waals surface area contributed by atoms with Crippen molar-refractivity contribution in [3.8, 4) is 11.5 Å². The normalized spacial score (nSPS) is 14.0. The van der Waals surface area contributed by atoms with Gasteiger partial charge in [0.1, 0.15) is 24.1 Å². The highest BCUT2D eigenvalue weighted by molar-refractivity contribution is 7.92. The summed E-state index contributed by atoms with van der Waals surface area (Å²) in [7, 11) is -1.43. The third-order valence-corrected chi connectivity index (χ3v) is 11.0. The van der Waals surface area contributed by atoms with Gasteiger partial charge in [0.2, 0.25) is 11.8 Å². The van der Waals surface area contributed by atoms with E-state index < -0.39 is 28.5 Å². The molecule has 1 N–H and O–H groups in total. The van der Waals surface area contributed by atoms with Crippen molar-refractivity contribution in [2.75, 3.05) is 25.1 Å². The Morgan fingerprint density at radius 1 is 0.860 bits per heavy atom. The number of aryl methyl sites for hydroxylation is 1. The number of carbonyl (C=O) groups excluding carboxylic acids is 2. The van der Waals surface area contributed by atoms with Crippen molar-refractivity contribution in [3.63, 3.8) is 0 Å². The summed E-state index contributed by atoms with van der Waals surface area (Å²) in [5.74, 6) is -0.262. The Morgan fingerprint density at radius 3 is 2.22 bits per heavy atom. The second-order valence-corrected chi connectivity index (χ2v) is 14.9. The highest BCUT2D eigenvalue weighted by Gasteiger charge is 2.36. The lowest BCUT2D eigenvalue weighted by Gasteiger charge is -2.35. The van der Waals surface area contributed by atoms with Gasteiger partial charge in [-0.05, 0) is 67.3 Å². The minimum absolute atomic E-state index is 0.00181. The molecule has 0 aliphatic heterocycles. The summed E-state index contributed by atoms with van der Waals surface area (Å²) in [5.41, 5.74) is 2.56. The number of nitrogens with one attached hydrogen (secondary N) is 1. The molecule has 264 valence electrons. The van der Waals surface area contributed by atoms with E-state index in [1.165, 1.54) is 37.3 Å². The number of carbonyl (C=O) groups is 2. The van der Waals surface area contributed by atoms with Crippen LogP contribution in [0.4, 0.5) is 5.69 Å². The van der Waals surface area contributed by atoms with Crippen LogP contribution in [0.15, 0.2) is 102 Å². The van der Waals surface area contributed by atoms with Crippen LogP contribution in [0, 0.1) is 6.92 Å². The van der Waals surface area contributed by atoms with Gasteiger partial charge in [-0.3, -0.25) is 13.9 Å². The fourth-order valence-corrected chi connectivity index (χ4v) is 7.90. The summed E-state index contributed by atoms with van der Waals surface area (Å²) < 4.78 is 41.1. The van der Waals surface area contributed by atoms with Crippen LogP contribution in [-0.4, -0.2) is 58.0 Å². The van der Waals surface area contributed by atoms with Gasteiger partial charge in [-0.2, -0.15) is 0 Å². The van der Waals surface area contributed by atoms with Gasteiger partial charge in [0.05, 0.1) is 24.8 Å². The number of anilines is 1. The molecule has 5 rings (SSSR count). The molecule has 1 fully saturated rings. The van der Waals surface area contributed by atoms with Gasteiger partial charge < -0.3 is 19.7 Å². The molecule has 9 nitrogen and oxygen atoms in total. The molecule has 1 aliphatic rings. The van der Waals surface area contributed by atoms with Crippen molar-refractivity contribution >= 4 is 39.1 Å². The minimum Gasteiger partial charge on any atom is -0.497 e. The smallest absolute Gasteiger partial charge is 0.264 e. The van der Waals surface area contributed by atoms with Gasteiger partial charge in [0.25, 0.3) is 10.0 Å². The second-order valence-electron chi connectivity index (χ2n) is 12.6. The molecule has 1 atom stereocenters. The van der Waals surface area contributed by atoms with E-state index in [1.807, 2.05) is 43.3 Å². The van der Waals surface area contributed by atoms with Gasteiger partial charge in [-0.1, -0.05) is 91.0 Å². The van der Waals surface area contributed by atoms with Crippen molar-refractivity contribution < 1.29 is 27.5 Å². The summed E-state index contributed by atoms with van der Waals surface area (Å²) in [6, 6.07) is 26.8. The number of rotatable bonds is 14. The van der Waals surface area contributed by atoms with E-state index in [-0.39, 0.29) is 41.2 Å². The predicted octanol–water partition coefficient (Wildman–Crippen LogP) is 6.95. The molecule has 4 aromatic rings. The SMILES string of the molecule is COc1ccc(OC)c(N(CC(=O)N(Cc2cccc(Cl)c2)[C@@H](Cc2ccccc2)C(=O)NC2CCCCC2)S(=O)(=O)c2ccc(C)cc2)c1. The molecule has 0 aromatic heterocycles. The zero-order chi connectivity index (χ0) is 35.7. The molecule has 4 aromatic carbocycles. The van der Waals surface area contributed by atoms with Crippen LogP contribution in [0.3, 0.4) is 0 Å². The van der Waals surface area contributed by atoms with Crippen molar-refractivity contribution in [1.82, 2.24) is 10.2 Å². The van der Waals surface area contributed by atoms with Crippen LogP contribution in [-0.2, 0) is 32.6 Å². The standard InChI is InChI=1S/C39H44ClN3O6S/c1-28-17-20-34(21-18-28)50(46,47)43(35-25-33(48-2)19-22-37(35)49-3)27-38(44)42(26-30-13-10-14-31(40)23-30)36(24-29-11-6-4-7-12-29)39(45)41-32-15-8-5-9-16-32/h4,6-7,10-14,17-23,25,32,36H,5,8-9,15-16,24,26-27H2,1-3H3,(H,41,45)/t36-/m0/s1. The highest BCUT2D eigenvalue weighted by atomic mass is 35.5. The van der Waals surface area contributed by atoms with E-state index >= 15 is 0 Å². The maximum atomic E-state index is 14.9.